The third-order valence-corrected chi connectivity index (χ3v) is 2.33. The Morgan fingerprint density at radius 2 is 1.94 bits per heavy atom. The van der Waals surface area contributed by atoms with Crippen molar-refractivity contribution in [2.75, 3.05) is 0 Å². The van der Waals surface area contributed by atoms with Gasteiger partial charge in [0.05, 0.1) is 5.56 Å². The molecular weight excluding hydrogens is 319 g/mol. The standard InChI is InChI=1S/C7H2BrF5N2O2/c8-4-2(5(9)10)1-3(7(11,12)13)6(14-4)15(16)17/h1,5H. The Kier molecular flexibility index (Phi) is 3.65. The van der Waals surface area contributed by atoms with Crippen LogP contribution in [0.5, 0.6) is 0 Å². The molecule has 10 heteroatoms. The van der Waals surface area contributed by atoms with Crippen molar-refractivity contribution in [3.05, 3.63) is 31.9 Å². The van der Waals surface area contributed by atoms with Crippen molar-refractivity contribution in [3.63, 3.8) is 0 Å². The second-order valence-corrected chi connectivity index (χ2v) is 3.55. The van der Waals surface area contributed by atoms with Gasteiger partial charge in [0.1, 0.15) is 0 Å². The first-order valence-electron chi connectivity index (χ1n) is 3.84. The molecule has 1 aromatic rings. The van der Waals surface area contributed by atoms with Gasteiger partial charge in [-0.1, -0.05) is 0 Å². The fraction of sp³-hybridized carbons (Fsp3) is 0.286. The van der Waals surface area contributed by atoms with Gasteiger partial charge in [-0.3, -0.25) is 0 Å². The SMILES string of the molecule is O=[N+]([O-])c1nc(Br)c(C(F)F)cc1C(F)(F)F. The van der Waals surface area contributed by atoms with Crippen molar-refractivity contribution in [1.29, 1.82) is 0 Å². The van der Waals surface area contributed by atoms with Crippen molar-refractivity contribution < 1.29 is 26.9 Å². The molecule has 0 amide bonds. The molecule has 0 saturated heterocycles. The molecule has 0 spiro atoms. The highest BCUT2D eigenvalue weighted by molar-refractivity contribution is 9.10. The van der Waals surface area contributed by atoms with Gasteiger partial charge < -0.3 is 10.1 Å². The van der Waals surface area contributed by atoms with Gasteiger partial charge in [0.2, 0.25) is 4.60 Å². The smallest absolute Gasteiger partial charge is 0.358 e. The van der Waals surface area contributed by atoms with E-state index < -0.39 is 39.1 Å². The van der Waals surface area contributed by atoms with E-state index in [0.717, 1.165) is 0 Å². The molecule has 0 radical (unpaired) electrons. The van der Waals surface area contributed by atoms with E-state index in [2.05, 4.69) is 20.9 Å². The third-order valence-electron chi connectivity index (χ3n) is 1.70. The normalized spacial score (nSPS) is 11.9. The number of rotatable bonds is 2. The van der Waals surface area contributed by atoms with Crippen molar-refractivity contribution >= 4 is 21.7 Å². The molecule has 0 N–H and O–H groups in total. The summed E-state index contributed by atoms with van der Waals surface area (Å²) < 4.78 is 61.1. The zero-order valence-corrected chi connectivity index (χ0v) is 9.22. The first kappa shape index (κ1) is 13.7. The van der Waals surface area contributed by atoms with Crippen molar-refractivity contribution in [2.24, 2.45) is 0 Å². The molecule has 0 aliphatic rings. The molecule has 4 nitrogen and oxygen atoms in total. The van der Waals surface area contributed by atoms with Crippen LogP contribution < -0.4 is 0 Å². The molecule has 17 heavy (non-hydrogen) atoms. The van der Waals surface area contributed by atoms with Gasteiger partial charge in [-0.05, 0) is 16.0 Å². The third kappa shape index (κ3) is 2.87. The van der Waals surface area contributed by atoms with Crippen LogP contribution in [0.3, 0.4) is 0 Å². The molecule has 0 bridgehead atoms. The molecule has 1 heterocycles. The minimum Gasteiger partial charge on any atom is -0.358 e. The number of hydrogen-bond donors (Lipinski definition) is 0. The minimum absolute atomic E-state index is 0.0138. The fourth-order valence-electron chi connectivity index (χ4n) is 0.998. The Hall–Kier alpha value is -1.32. The number of nitrogens with zero attached hydrogens (tertiary/aromatic N) is 2. The van der Waals surface area contributed by atoms with Crippen LogP contribution in [0.15, 0.2) is 10.7 Å². The summed E-state index contributed by atoms with van der Waals surface area (Å²) in [7, 11) is 0. The molecule has 0 saturated carbocycles. The Balaban J connectivity index is 3.54. The zero-order valence-electron chi connectivity index (χ0n) is 7.63. The Bertz CT molecular complexity index is 462. The second kappa shape index (κ2) is 4.51. The first-order chi connectivity index (χ1) is 7.64. The van der Waals surface area contributed by atoms with Gasteiger partial charge in [0.25, 0.3) is 6.43 Å². The van der Waals surface area contributed by atoms with Crippen LogP contribution in [-0.2, 0) is 6.18 Å². The fourth-order valence-corrected chi connectivity index (χ4v) is 1.45. The molecule has 1 aromatic heterocycles. The van der Waals surface area contributed by atoms with Crippen LogP contribution in [0, 0.1) is 10.1 Å². The highest BCUT2D eigenvalue weighted by Crippen LogP contribution is 2.39. The molecule has 0 aromatic carbocycles. The Morgan fingerprint density at radius 1 is 1.41 bits per heavy atom. The van der Waals surface area contributed by atoms with Crippen molar-refractivity contribution in [1.82, 2.24) is 4.98 Å². The lowest BCUT2D eigenvalue weighted by Gasteiger charge is -2.09. The molecular formula is C7H2BrF5N2O2. The van der Waals surface area contributed by atoms with E-state index >= 15 is 0 Å². The summed E-state index contributed by atoms with van der Waals surface area (Å²) in [6.07, 6.45) is -8.35. The van der Waals surface area contributed by atoms with Gasteiger partial charge in [-0.15, -0.1) is 0 Å². The molecule has 94 valence electrons. The topological polar surface area (TPSA) is 56.0 Å². The summed E-state index contributed by atoms with van der Waals surface area (Å²) in [5, 5.41) is 10.3. The molecule has 0 aliphatic carbocycles. The van der Waals surface area contributed by atoms with E-state index in [4.69, 9.17) is 0 Å². The summed E-state index contributed by atoms with van der Waals surface area (Å²) in [5.41, 5.74) is -2.86. The quantitative estimate of drug-likeness (QED) is 0.361. The maximum atomic E-state index is 12.4. The summed E-state index contributed by atoms with van der Waals surface area (Å²) in [6, 6.07) is 0.0138. The van der Waals surface area contributed by atoms with Crippen LogP contribution in [0.25, 0.3) is 0 Å². The van der Waals surface area contributed by atoms with Crippen LogP contribution in [0.2, 0.25) is 0 Å². The largest absolute Gasteiger partial charge is 0.424 e. The molecule has 0 aliphatic heterocycles. The van der Waals surface area contributed by atoms with Gasteiger partial charge in [-0.25, -0.2) is 8.78 Å². The lowest BCUT2D eigenvalue weighted by molar-refractivity contribution is -0.392. The average Bonchev–Trinajstić information content (AvgIpc) is 2.14. The first-order valence-corrected chi connectivity index (χ1v) is 4.64. The average molecular weight is 321 g/mol. The zero-order chi connectivity index (χ0) is 13.4. The molecule has 0 fully saturated rings. The number of nitro groups is 1. The number of halogens is 6. The Morgan fingerprint density at radius 3 is 2.29 bits per heavy atom. The maximum absolute atomic E-state index is 12.4. The highest BCUT2D eigenvalue weighted by Gasteiger charge is 2.41. The summed E-state index contributed by atoms with van der Waals surface area (Å²) >= 11 is 2.45. The van der Waals surface area contributed by atoms with Crippen molar-refractivity contribution in [3.8, 4) is 0 Å². The summed E-state index contributed by atoms with van der Waals surface area (Å²) in [6.45, 7) is 0. The molecule has 0 unspecified atom stereocenters. The van der Waals surface area contributed by atoms with Gasteiger partial charge in [0, 0.05) is 15.9 Å². The number of alkyl halides is 5. The van der Waals surface area contributed by atoms with Crippen LogP contribution >= 0.6 is 15.9 Å². The van der Waals surface area contributed by atoms with Crippen LogP contribution in [0.4, 0.5) is 27.8 Å². The minimum atomic E-state index is -5.13. The van der Waals surface area contributed by atoms with Gasteiger partial charge in [0.15, 0.2) is 5.56 Å². The van der Waals surface area contributed by atoms with E-state index in [-0.39, 0.29) is 6.07 Å². The summed E-state index contributed by atoms with van der Waals surface area (Å²) in [4.78, 5) is 11.8. The van der Waals surface area contributed by atoms with E-state index in [1.54, 1.807) is 0 Å². The van der Waals surface area contributed by atoms with E-state index in [1.807, 2.05) is 0 Å². The highest BCUT2D eigenvalue weighted by atomic mass is 79.9. The molecule has 1 rings (SSSR count). The monoisotopic (exact) mass is 320 g/mol. The van der Waals surface area contributed by atoms with Crippen LogP contribution in [0.1, 0.15) is 17.6 Å². The molecule has 0 atom stereocenters. The Labute approximate surface area is 98.7 Å². The number of hydrogen-bond acceptors (Lipinski definition) is 3. The van der Waals surface area contributed by atoms with E-state index in [9.17, 15) is 32.1 Å². The van der Waals surface area contributed by atoms with Gasteiger partial charge >= 0.3 is 12.0 Å². The second-order valence-electron chi connectivity index (χ2n) is 2.80. The summed E-state index contributed by atoms with van der Waals surface area (Å²) in [5.74, 6) is -1.52. The van der Waals surface area contributed by atoms with Crippen LogP contribution in [-0.4, -0.2) is 9.91 Å². The van der Waals surface area contributed by atoms with Gasteiger partial charge in [-0.2, -0.15) is 13.2 Å². The maximum Gasteiger partial charge on any atom is 0.424 e. The lowest BCUT2D eigenvalue weighted by atomic mass is 10.2. The predicted octanol–water partition coefficient (Wildman–Crippen LogP) is 3.71. The lowest BCUT2D eigenvalue weighted by Crippen LogP contribution is -2.12. The van der Waals surface area contributed by atoms with Crippen molar-refractivity contribution in [2.45, 2.75) is 12.6 Å². The number of pyridine rings is 1. The van der Waals surface area contributed by atoms with E-state index in [0.29, 0.717) is 0 Å². The van der Waals surface area contributed by atoms with E-state index in [1.165, 1.54) is 0 Å². The number of aromatic nitrogens is 1. The predicted molar refractivity (Wildman–Crippen MR) is 48.6 cm³/mol.